The Balaban J connectivity index is 2.80. The van der Waals surface area contributed by atoms with Crippen molar-refractivity contribution >= 4 is 28.4 Å². The molecule has 0 amide bonds. The van der Waals surface area contributed by atoms with Gasteiger partial charge >= 0.3 is 12.1 Å². The van der Waals surface area contributed by atoms with Gasteiger partial charge in [0.25, 0.3) is 0 Å². The minimum absolute atomic E-state index is 0.0201. The van der Waals surface area contributed by atoms with Gasteiger partial charge in [-0.2, -0.15) is 13.2 Å². The number of aliphatic imine (C=N–C) groups is 1. The molecule has 0 bridgehead atoms. The molecule has 0 heterocycles. The molecule has 104 valence electrons. The molecule has 0 saturated carbocycles. The maximum absolute atomic E-state index is 12.1. The molecule has 1 aromatic rings. The predicted molar refractivity (Wildman–Crippen MR) is 65.9 cm³/mol. The summed E-state index contributed by atoms with van der Waals surface area (Å²) in [5.74, 6) is -0.484. The second-order valence-electron chi connectivity index (χ2n) is 3.97. The van der Waals surface area contributed by atoms with E-state index in [0.29, 0.717) is 0 Å². The monoisotopic (exact) mass is 293 g/mol. The van der Waals surface area contributed by atoms with Crippen LogP contribution in [0.5, 0.6) is 5.75 Å². The second kappa shape index (κ2) is 6.06. The van der Waals surface area contributed by atoms with Crippen molar-refractivity contribution in [3.63, 3.8) is 0 Å². The van der Waals surface area contributed by atoms with Gasteiger partial charge in [0, 0.05) is 0 Å². The van der Waals surface area contributed by atoms with Crippen molar-refractivity contribution in [1.82, 2.24) is 0 Å². The highest BCUT2D eigenvalue weighted by Gasteiger charge is 2.34. The highest BCUT2D eigenvalue weighted by Crippen LogP contribution is 2.25. The minimum Gasteiger partial charge on any atom is -0.426 e. The molecule has 0 N–H and O–H groups in total. The number of rotatable bonds is 3. The van der Waals surface area contributed by atoms with Crippen molar-refractivity contribution in [1.29, 1.82) is 0 Å². The molecule has 0 aliphatic carbocycles. The van der Waals surface area contributed by atoms with Crippen LogP contribution in [0.3, 0.4) is 0 Å². The fraction of sp³-hybridized carbons (Fsp3) is 0.333. The first-order chi connectivity index (χ1) is 8.70. The zero-order chi connectivity index (χ0) is 14.6. The standard InChI is InChI=1S/C12H11ClF3NO2/c1-7(2)10(18)19-9-5-3-8(4-6-9)17-11(13)12(14,15)16/h3-7H,1-2H3. The van der Waals surface area contributed by atoms with Crippen LogP contribution in [0, 0.1) is 5.92 Å². The molecular weight excluding hydrogens is 283 g/mol. The summed E-state index contributed by atoms with van der Waals surface area (Å²) in [6.45, 7) is 3.34. The van der Waals surface area contributed by atoms with Crippen LogP contribution in [0.25, 0.3) is 0 Å². The van der Waals surface area contributed by atoms with Gasteiger partial charge in [-0.05, 0) is 24.3 Å². The molecular formula is C12H11ClF3NO2. The number of esters is 1. The van der Waals surface area contributed by atoms with Crippen molar-refractivity contribution in [2.75, 3.05) is 0 Å². The van der Waals surface area contributed by atoms with Gasteiger partial charge in [-0.25, -0.2) is 4.99 Å². The van der Waals surface area contributed by atoms with Crippen LogP contribution in [0.15, 0.2) is 29.3 Å². The first-order valence-electron chi connectivity index (χ1n) is 5.33. The van der Waals surface area contributed by atoms with E-state index in [1.165, 1.54) is 24.3 Å². The molecule has 19 heavy (non-hydrogen) atoms. The van der Waals surface area contributed by atoms with Gasteiger partial charge in [0.1, 0.15) is 5.75 Å². The van der Waals surface area contributed by atoms with Crippen molar-refractivity contribution in [2.24, 2.45) is 10.9 Å². The lowest BCUT2D eigenvalue weighted by molar-refractivity contribution is -0.137. The Morgan fingerprint density at radius 1 is 1.26 bits per heavy atom. The van der Waals surface area contributed by atoms with Gasteiger partial charge in [0.15, 0.2) is 0 Å². The first-order valence-corrected chi connectivity index (χ1v) is 5.71. The lowest BCUT2D eigenvalue weighted by Crippen LogP contribution is -2.16. The molecule has 0 saturated heterocycles. The van der Waals surface area contributed by atoms with Crippen molar-refractivity contribution in [2.45, 2.75) is 20.0 Å². The summed E-state index contributed by atoms with van der Waals surface area (Å²) in [4.78, 5) is 14.5. The third-order valence-electron chi connectivity index (χ3n) is 1.99. The lowest BCUT2D eigenvalue weighted by Gasteiger charge is -2.07. The summed E-state index contributed by atoms with van der Waals surface area (Å²) < 4.78 is 41.4. The Bertz CT molecular complexity index is 481. The second-order valence-corrected chi connectivity index (χ2v) is 4.33. The van der Waals surface area contributed by atoms with E-state index >= 15 is 0 Å². The Morgan fingerprint density at radius 3 is 2.21 bits per heavy atom. The van der Waals surface area contributed by atoms with Crippen molar-refractivity contribution in [3.05, 3.63) is 24.3 Å². The molecule has 0 aliphatic rings. The highest BCUT2D eigenvalue weighted by molar-refractivity contribution is 6.67. The number of alkyl halides is 3. The summed E-state index contributed by atoms with van der Waals surface area (Å²) in [6, 6.07) is 5.24. The van der Waals surface area contributed by atoms with Gasteiger partial charge in [-0.3, -0.25) is 4.79 Å². The molecule has 0 radical (unpaired) electrons. The van der Waals surface area contributed by atoms with E-state index in [0.717, 1.165) is 0 Å². The Hall–Kier alpha value is -1.56. The van der Waals surface area contributed by atoms with Crippen LogP contribution in [0.2, 0.25) is 0 Å². The minimum atomic E-state index is -4.68. The van der Waals surface area contributed by atoms with Gasteiger partial charge in [0.05, 0.1) is 11.6 Å². The van der Waals surface area contributed by atoms with E-state index in [-0.39, 0.29) is 17.4 Å². The quantitative estimate of drug-likeness (QED) is 0.478. The zero-order valence-electron chi connectivity index (χ0n) is 10.2. The fourth-order valence-corrected chi connectivity index (χ4v) is 1.10. The van der Waals surface area contributed by atoms with Crippen molar-refractivity contribution < 1.29 is 22.7 Å². The number of benzene rings is 1. The number of carbonyl (C=O) groups excluding carboxylic acids is 1. The van der Waals surface area contributed by atoms with Crippen LogP contribution in [-0.2, 0) is 4.79 Å². The van der Waals surface area contributed by atoms with Crippen LogP contribution < -0.4 is 4.74 Å². The van der Waals surface area contributed by atoms with E-state index in [1.807, 2.05) is 0 Å². The third kappa shape index (κ3) is 4.90. The molecule has 3 nitrogen and oxygen atoms in total. The molecule has 7 heteroatoms. The SMILES string of the molecule is CC(C)C(=O)Oc1ccc(N=C(Cl)C(F)(F)F)cc1. The molecule has 0 unspecified atom stereocenters. The van der Waals surface area contributed by atoms with Crippen LogP contribution in [-0.4, -0.2) is 17.3 Å². The maximum Gasteiger partial charge on any atom is 0.444 e. The molecule has 1 rings (SSSR count). The number of nitrogens with zero attached hydrogens (tertiary/aromatic N) is 1. The van der Waals surface area contributed by atoms with Gasteiger partial charge < -0.3 is 4.74 Å². The van der Waals surface area contributed by atoms with Crippen LogP contribution in [0.1, 0.15) is 13.8 Å². The predicted octanol–water partition coefficient (Wildman–Crippen LogP) is 4.08. The largest absolute Gasteiger partial charge is 0.444 e. The average Bonchev–Trinajstić information content (AvgIpc) is 2.30. The molecule has 0 aliphatic heterocycles. The number of ether oxygens (including phenoxy) is 1. The highest BCUT2D eigenvalue weighted by atomic mass is 35.5. The summed E-state index contributed by atoms with van der Waals surface area (Å²) in [6.07, 6.45) is -4.68. The number of halogens is 4. The Morgan fingerprint density at radius 2 is 1.79 bits per heavy atom. The summed E-state index contributed by atoms with van der Waals surface area (Å²) in [5.41, 5.74) is 0.0201. The lowest BCUT2D eigenvalue weighted by atomic mass is 10.2. The average molecular weight is 294 g/mol. The number of carbonyl (C=O) groups is 1. The smallest absolute Gasteiger partial charge is 0.426 e. The van der Waals surface area contributed by atoms with E-state index in [9.17, 15) is 18.0 Å². The van der Waals surface area contributed by atoms with E-state index in [2.05, 4.69) is 4.99 Å². The summed E-state index contributed by atoms with van der Waals surface area (Å²) >= 11 is 5.00. The van der Waals surface area contributed by atoms with E-state index < -0.39 is 17.3 Å². The van der Waals surface area contributed by atoms with E-state index in [4.69, 9.17) is 16.3 Å². The molecule has 0 spiro atoms. The molecule has 0 fully saturated rings. The topological polar surface area (TPSA) is 38.7 Å². The first kappa shape index (κ1) is 15.5. The summed E-state index contributed by atoms with van der Waals surface area (Å²) in [7, 11) is 0. The van der Waals surface area contributed by atoms with Crippen molar-refractivity contribution in [3.8, 4) is 5.75 Å². The Kier molecular flexibility index (Phi) is 4.94. The zero-order valence-corrected chi connectivity index (χ0v) is 10.9. The van der Waals surface area contributed by atoms with Gasteiger partial charge in [0.2, 0.25) is 5.17 Å². The molecule has 0 atom stereocenters. The van der Waals surface area contributed by atoms with Gasteiger partial charge in [-0.15, -0.1) is 0 Å². The maximum atomic E-state index is 12.1. The Labute approximate surface area is 113 Å². The van der Waals surface area contributed by atoms with Crippen LogP contribution in [0.4, 0.5) is 18.9 Å². The molecule has 1 aromatic carbocycles. The third-order valence-corrected chi connectivity index (χ3v) is 2.29. The normalized spacial score (nSPS) is 12.7. The number of hydrogen-bond donors (Lipinski definition) is 0. The molecule has 0 aromatic heterocycles. The fourth-order valence-electron chi connectivity index (χ4n) is 0.999. The number of hydrogen-bond acceptors (Lipinski definition) is 3. The van der Waals surface area contributed by atoms with Gasteiger partial charge in [-0.1, -0.05) is 25.4 Å². The summed E-state index contributed by atoms with van der Waals surface area (Å²) in [5, 5.41) is -1.46. The van der Waals surface area contributed by atoms with Crippen LogP contribution >= 0.6 is 11.6 Å². The van der Waals surface area contributed by atoms with E-state index in [1.54, 1.807) is 13.8 Å².